The zero-order chi connectivity index (χ0) is 39.5. The number of allylic oxidation sites excluding steroid dienone is 1. The van der Waals surface area contributed by atoms with Gasteiger partial charge in [-0.1, -0.05) is 0 Å². The van der Waals surface area contributed by atoms with E-state index in [1.165, 1.54) is 30.3 Å². The summed E-state index contributed by atoms with van der Waals surface area (Å²) in [6.45, 7) is 3.66. The first-order valence-corrected chi connectivity index (χ1v) is 18.9. The summed E-state index contributed by atoms with van der Waals surface area (Å²) in [6, 6.07) is 26.0. The lowest BCUT2D eigenvalue weighted by atomic mass is 9.94. The van der Waals surface area contributed by atoms with E-state index >= 15 is 0 Å². The molecule has 18 heteroatoms. The summed E-state index contributed by atoms with van der Waals surface area (Å²) in [7, 11) is -9.38. The van der Waals surface area contributed by atoms with Crippen LogP contribution in [0.15, 0.2) is 138 Å². The highest BCUT2D eigenvalue weighted by Crippen LogP contribution is 2.32. The average molecular weight is 779 g/mol. The zero-order valence-electron chi connectivity index (χ0n) is 28.9. The molecule has 0 fully saturated rings. The maximum Gasteiger partial charge on any atom is 0.296 e. The third-order valence-electron chi connectivity index (χ3n) is 8.10. The van der Waals surface area contributed by atoms with Crippen LogP contribution in [0.4, 0.5) is 39.8 Å². The van der Waals surface area contributed by atoms with Gasteiger partial charge in [-0.2, -0.15) is 42.4 Å². The van der Waals surface area contributed by atoms with E-state index in [4.69, 9.17) is 10.3 Å². The Morgan fingerprint density at radius 3 is 1.85 bits per heavy atom. The van der Waals surface area contributed by atoms with Crippen LogP contribution in [-0.4, -0.2) is 43.3 Å². The molecule has 0 bridgehead atoms. The Morgan fingerprint density at radius 2 is 1.25 bits per heavy atom. The van der Waals surface area contributed by atoms with E-state index in [9.17, 15) is 31.0 Å². The number of nitrogens with two attached hydrogens (primary N) is 1. The second-order valence-electron chi connectivity index (χ2n) is 12.1. The predicted octanol–water partition coefficient (Wildman–Crippen LogP) is 8.11. The van der Waals surface area contributed by atoms with Crippen LogP contribution in [0.1, 0.15) is 37.4 Å². The van der Waals surface area contributed by atoms with Crippen molar-refractivity contribution in [3.05, 3.63) is 136 Å². The summed E-state index contributed by atoms with van der Waals surface area (Å²) in [6.07, 6.45) is 1.07. The van der Waals surface area contributed by atoms with Crippen LogP contribution in [0.2, 0.25) is 0 Å². The van der Waals surface area contributed by atoms with Crippen LogP contribution in [-0.2, 0) is 20.2 Å². The summed E-state index contributed by atoms with van der Waals surface area (Å²) in [5.74, 6) is -1.09. The molecule has 16 nitrogen and oxygen atoms in total. The van der Waals surface area contributed by atoms with Crippen LogP contribution in [0.5, 0.6) is 0 Å². The second kappa shape index (κ2) is 15.3. The van der Waals surface area contributed by atoms with Gasteiger partial charge in [0.2, 0.25) is 5.78 Å². The molecule has 55 heavy (non-hydrogen) atoms. The highest BCUT2D eigenvalue weighted by atomic mass is 32.2. The molecule has 0 atom stereocenters. The van der Waals surface area contributed by atoms with Crippen molar-refractivity contribution < 1.29 is 35.5 Å². The Morgan fingerprint density at radius 1 is 0.673 bits per heavy atom. The first kappa shape index (κ1) is 38.0. The molecule has 0 radical (unpaired) electrons. The molecule has 0 aliphatic heterocycles. The van der Waals surface area contributed by atoms with Gasteiger partial charge in [0.15, 0.2) is 5.71 Å². The SMILES string of the molecule is Cc1cc(N=Nc2ccc(NC(=O)c3ccc(N)cc3)cc2C)ccc1N=Nc1ccc2c(c1)C=C(S(=O)(=O)O)C(=NNc1ccc(S(=O)(=O)O)cc1)C2=O. The minimum atomic E-state index is -4.93. The third-order valence-corrected chi connectivity index (χ3v) is 9.83. The maximum atomic E-state index is 13.3. The van der Waals surface area contributed by atoms with Gasteiger partial charge < -0.3 is 11.1 Å². The summed E-state index contributed by atoms with van der Waals surface area (Å²) in [5.41, 5.74) is 13.0. The smallest absolute Gasteiger partial charge is 0.296 e. The molecule has 0 saturated heterocycles. The highest BCUT2D eigenvalue weighted by molar-refractivity contribution is 7.91. The number of hydrogen-bond acceptors (Lipinski definition) is 13. The molecule has 1 aliphatic carbocycles. The molecule has 0 unspecified atom stereocenters. The van der Waals surface area contributed by atoms with E-state index < -0.39 is 36.6 Å². The number of azo groups is 2. The predicted molar refractivity (Wildman–Crippen MR) is 207 cm³/mol. The van der Waals surface area contributed by atoms with Gasteiger partial charge >= 0.3 is 0 Å². The monoisotopic (exact) mass is 778 g/mol. The van der Waals surface area contributed by atoms with Gasteiger partial charge in [-0.05, 0) is 140 Å². The van der Waals surface area contributed by atoms with Crippen LogP contribution in [0.25, 0.3) is 6.08 Å². The van der Waals surface area contributed by atoms with Crippen LogP contribution >= 0.6 is 0 Å². The van der Waals surface area contributed by atoms with Gasteiger partial charge in [0.1, 0.15) is 4.91 Å². The van der Waals surface area contributed by atoms with Gasteiger partial charge in [-0.3, -0.25) is 24.1 Å². The number of nitrogen functional groups attached to an aromatic ring is 1. The Hall–Kier alpha value is -6.73. The summed E-state index contributed by atoms with van der Waals surface area (Å²) in [4.78, 5) is 24.7. The Labute approximate surface area is 314 Å². The standard InChI is InChI=1S/C37H30N8O8S2/c1-21-17-27(39-37(47)23-3-5-25(38)6-4-23)10-15-32(21)43-41-28-11-16-33(22(2)18-28)44-42-29-9-14-31-24(19-29)20-34(55(51,52)53)35(36(31)46)45-40-26-7-12-30(13-8-26)54(48,49)50/h3-20,40H,38H2,1-2H3,(H,39,47)(H,48,49,50)(H,51,52,53). The molecule has 6 N–H and O–H groups in total. The molecule has 6 rings (SSSR count). The van der Waals surface area contributed by atoms with Gasteiger partial charge in [-0.25, -0.2) is 0 Å². The van der Waals surface area contributed by atoms with Crippen molar-refractivity contribution in [2.24, 2.45) is 25.6 Å². The number of carbonyl (C=O) groups excluding carboxylic acids is 2. The van der Waals surface area contributed by atoms with E-state index in [1.54, 1.807) is 60.7 Å². The molecule has 0 saturated carbocycles. The Bertz CT molecular complexity index is 2710. The van der Waals surface area contributed by atoms with Gasteiger partial charge in [0.05, 0.1) is 33.3 Å². The molecular formula is C37H30N8O8S2. The summed E-state index contributed by atoms with van der Waals surface area (Å²) >= 11 is 0. The molecule has 1 aliphatic rings. The maximum absolute atomic E-state index is 13.3. The lowest BCUT2D eigenvalue weighted by Gasteiger charge is -2.16. The molecule has 1 amide bonds. The van der Waals surface area contributed by atoms with Crippen molar-refractivity contribution in [3.8, 4) is 0 Å². The topological polar surface area (TPSA) is 255 Å². The number of Topliss-reactive ketones (excluding diaryl/α,β-unsaturated/α-hetero) is 1. The summed E-state index contributed by atoms with van der Waals surface area (Å²) in [5, 5.41) is 23.9. The minimum Gasteiger partial charge on any atom is -0.399 e. The van der Waals surface area contributed by atoms with Crippen LogP contribution < -0.4 is 16.5 Å². The van der Waals surface area contributed by atoms with E-state index in [2.05, 4.69) is 36.3 Å². The number of benzene rings is 5. The molecule has 0 spiro atoms. The fourth-order valence-electron chi connectivity index (χ4n) is 5.23. The minimum absolute atomic E-state index is 0.0762. The number of fused-ring (bicyclic) bond motifs is 1. The first-order chi connectivity index (χ1) is 26.0. The molecule has 0 heterocycles. The number of amides is 1. The number of anilines is 3. The van der Waals surface area contributed by atoms with Gasteiger partial charge in [0, 0.05) is 22.5 Å². The average Bonchev–Trinajstić information content (AvgIpc) is 3.13. The zero-order valence-corrected chi connectivity index (χ0v) is 30.5. The largest absolute Gasteiger partial charge is 0.399 e. The number of ketones is 1. The molecular weight excluding hydrogens is 749 g/mol. The second-order valence-corrected chi connectivity index (χ2v) is 14.9. The molecule has 0 aromatic heterocycles. The first-order valence-electron chi connectivity index (χ1n) is 16.1. The van der Waals surface area contributed by atoms with E-state index in [-0.39, 0.29) is 33.3 Å². The number of aryl methyl sites for hydroxylation is 2. The van der Waals surface area contributed by atoms with Crippen molar-refractivity contribution in [2.45, 2.75) is 18.7 Å². The van der Waals surface area contributed by atoms with E-state index in [0.29, 0.717) is 34.0 Å². The quantitative estimate of drug-likeness (QED) is 0.0394. The Kier molecular flexibility index (Phi) is 10.6. The molecule has 278 valence electrons. The number of nitrogens with zero attached hydrogens (tertiary/aromatic N) is 5. The van der Waals surface area contributed by atoms with Crippen molar-refractivity contribution in [1.82, 2.24) is 0 Å². The third kappa shape index (κ3) is 9.08. The number of rotatable bonds is 10. The van der Waals surface area contributed by atoms with Crippen molar-refractivity contribution >= 4 is 83.5 Å². The highest BCUT2D eigenvalue weighted by Gasteiger charge is 2.33. The number of hydrazone groups is 1. The van der Waals surface area contributed by atoms with Gasteiger partial charge in [0.25, 0.3) is 26.1 Å². The van der Waals surface area contributed by atoms with Crippen LogP contribution in [0.3, 0.4) is 0 Å². The lowest BCUT2D eigenvalue weighted by Crippen LogP contribution is -2.27. The number of carbonyl (C=O) groups is 2. The number of hydrogen-bond donors (Lipinski definition) is 5. The van der Waals surface area contributed by atoms with Crippen LogP contribution in [0, 0.1) is 13.8 Å². The fourth-order valence-corrected chi connectivity index (χ4v) is 6.37. The number of nitrogens with one attached hydrogen (secondary N) is 2. The lowest BCUT2D eigenvalue weighted by molar-refractivity contribution is 0.102. The molecule has 5 aromatic rings. The van der Waals surface area contributed by atoms with E-state index in [1.807, 2.05) is 13.8 Å². The van der Waals surface area contributed by atoms with Crippen molar-refractivity contribution in [1.29, 1.82) is 0 Å². The summed E-state index contributed by atoms with van der Waals surface area (Å²) < 4.78 is 66.2. The van der Waals surface area contributed by atoms with Gasteiger partial charge in [-0.15, -0.1) is 0 Å². The van der Waals surface area contributed by atoms with Crippen molar-refractivity contribution in [3.63, 3.8) is 0 Å². The fraction of sp³-hybridized carbons (Fsp3) is 0.0541. The Balaban J connectivity index is 1.15. The van der Waals surface area contributed by atoms with Crippen molar-refractivity contribution in [2.75, 3.05) is 16.5 Å². The van der Waals surface area contributed by atoms with E-state index in [0.717, 1.165) is 29.3 Å². The normalized spacial score (nSPS) is 13.9. The molecule has 5 aromatic carbocycles.